The van der Waals surface area contributed by atoms with Gasteiger partial charge in [-0.3, -0.25) is 4.98 Å². The van der Waals surface area contributed by atoms with Gasteiger partial charge in [-0.05, 0) is 35.3 Å². The second-order valence-electron chi connectivity index (χ2n) is 2.51. The van der Waals surface area contributed by atoms with E-state index in [0.717, 1.165) is 15.6 Å². The average molecular weight is 216 g/mol. The summed E-state index contributed by atoms with van der Waals surface area (Å²) in [5.74, 6) is 0. The number of hydrogen-bond acceptors (Lipinski definition) is 2. The first-order valence-corrected chi connectivity index (χ1v) is 4.20. The highest BCUT2D eigenvalue weighted by atomic mass is 79.9. The molecule has 0 bridgehead atoms. The molecule has 1 N–H and O–H groups in total. The van der Waals surface area contributed by atoms with E-state index in [9.17, 15) is 5.11 Å². The molecule has 0 aliphatic carbocycles. The number of aliphatic hydroxyl groups excluding tert-OH is 1. The number of hydrogen-bond donors (Lipinski definition) is 1. The minimum absolute atomic E-state index is 0.444. The third-order valence-electron chi connectivity index (χ3n) is 1.64. The van der Waals surface area contributed by atoms with Crippen LogP contribution in [0.2, 0.25) is 0 Å². The number of pyridine rings is 1. The van der Waals surface area contributed by atoms with E-state index < -0.39 is 6.10 Å². The largest absolute Gasteiger partial charge is 0.389 e. The number of halogens is 1. The highest BCUT2D eigenvalue weighted by Gasteiger charge is 2.06. The Bertz CT molecular complexity index is 260. The van der Waals surface area contributed by atoms with Crippen molar-refractivity contribution in [2.45, 2.75) is 20.0 Å². The van der Waals surface area contributed by atoms with Crippen LogP contribution in [0.3, 0.4) is 0 Å². The monoisotopic (exact) mass is 215 g/mol. The van der Waals surface area contributed by atoms with Crippen molar-refractivity contribution in [1.82, 2.24) is 4.98 Å². The molecule has 2 nitrogen and oxygen atoms in total. The summed E-state index contributed by atoms with van der Waals surface area (Å²) in [6, 6.07) is 0. The Kier molecular flexibility index (Phi) is 2.62. The maximum absolute atomic E-state index is 9.27. The molecule has 60 valence electrons. The summed E-state index contributed by atoms with van der Waals surface area (Å²) in [6.07, 6.45) is 2.96. The van der Waals surface area contributed by atoms with Gasteiger partial charge in [0.25, 0.3) is 0 Å². The van der Waals surface area contributed by atoms with E-state index in [1.807, 2.05) is 6.92 Å². The van der Waals surface area contributed by atoms with Gasteiger partial charge in [-0.1, -0.05) is 0 Å². The molecule has 1 aromatic heterocycles. The van der Waals surface area contributed by atoms with Crippen LogP contribution in [-0.2, 0) is 0 Å². The number of aliphatic hydroxyl groups is 1. The first-order chi connectivity index (χ1) is 5.13. The SMILES string of the molecule is Cc1c(Br)cncc1C(C)O. The summed E-state index contributed by atoms with van der Waals surface area (Å²) in [4.78, 5) is 3.96. The van der Waals surface area contributed by atoms with E-state index in [1.165, 1.54) is 0 Å². The molecule has 0 amide bonds. The van der Waals surface area contributed by atoms with Gasteiger partial charge in [-0.25, -0.2) is 0 Å². The molecule has 0 aliphatic rings. The fraction of sp³-hybridized carbons (Fsp3) is 0.375. The second-order valence-corrected chi connectivity index (χ2v) is 3.37. The van der Waals surface area contributed by atoms with Crippen molar-refractivity contribution in [3.63, 3.8) is 0 Å². The van der Waals surface area contributed by atoms with E-state index in [4.69, 9.17) is 0 Å². The van der Waals surface area contributed by atoms with Gasteiger partial charge in [-0.15, -0.1) is 0 Å². The molecule has 11 heavy (non-hydrogen) atoms. The van der Waals surface area contributed by atoms with Gasteiger partial charge in [0.2, 0.25) is 0 Å². The van der Waals surface area contributed by atoms with Crippen molar-refractivity contribution in [3.8, 4) is 0 Å². The van der Waals surface area contributed by atoms with Crippen LogP contribution < -0.4 is 0 Å². The second kappa shape index (κ2) is 3.32. The Morgan fingerprint density at radius 2 is 2.18 bits per heavy atom. The Balaban J connectivity index is 3.17. The lowest BCUT2D eigenvalue weighted by atomic mass is 10.1. The third kappa shape index (κ3) is 1.79. The van der Waals surface area contributed by atoms with Gasteiger partial charge in [-0.2, -0.15) is 0 Å². The molecule has 0 fully saturated rings. The normalized spacial score (nSPS) is 13.1. The lowest BCUT2D eigenvalue weighted by molar-refractivity contribution is 0.198. The molecular weight excluding hydrogens is 206 g/mol. The smallest absolute Gasteiger partial charge is 0.0779 e. The zero-order valence-corrected chi connectivity index (χ0v) is 8.09. The topological polar surface area (TPSA) is 33.1 Å². The van der Waals surface area contributed by atoms with Crippen LogP contribution in [0.25, 0.3) is 0 Å². The highest BCUT2D eigenvalue weighted by Crippen LogP contribution is 2.22. The Hall–Kier alpha value is -0.410. The summed E-state index contributed by atoms with van der Waals surface area (Å²) in [7, 11) is 0. The molecule has 1 heterocycles. The highest BCUT2D eigenvalue weighted by molar-refractivity contribution is 9.10. The molecule has 0 aromatic carbocycles. The quantitative estimate of drug-likeness (QED) is 0.780. The minimum atomic E-state index is -0.444. The molecular formula is C8H10BrNO. The molecule has 1 atom stereocenters. The summed E-state index contributed by atoms with van der Waals surface area (Å²) < 4.78 is 0.941. The summed E-state index contributed by atoms with van der Waals surface area (Å²) in [6.45, 7) is 3.68. The fourth-order valence-corrected chi connectivity index (χ4v) is 1.28. The summed E-state index contributed by atoms with van der Waals surface area (Å²) >= 11 is 3.34. The maximum atomic E-state index is 9.27. The third-order valence-corrected chi connectivity index (χ3v) is 2.44. The number of aromatic nitrogens is 1. The van der Waals surface area contributed by atoms with Crippen LogP contribution in [0.5, 0.6) is 0 Å². The Morgan fingerprint density at radius 3 is 2.64 bits per heavy atom. The van der Waals surface area contributed by atoms with Crippen molar-refractivity contribution >= 4 is 15.9 Å². The van der Waals surface area contributed by atoms with Crippen molar-refractivity contribution in [1.29, 1.82) is 0 Å². The van der Waals surface area contributed by atoms with Gasteiger partial charge in [0.05, 0.1) is 6.10 Å². The average Bonchev–Trinajstić information content (AvgIpc) is 1.94. The van der Waals surface area contributed by atoms with E-state index >= 15 is 0 Å². The zero-order chi connectivity index (χ0) is 8.43. The van der Waals surface area contributed by atoms with E-state index in [-0.39, 0.29) is 0 Å². The molecule has 1 rings (SSSR count). The van der Waals surface area contributed by atoms with Crippen molar-refractivity contribution in [2.24, 2.45) is 0 Å². The zero-order valence-electron chi connectivity index (χ0n) is 6.50. The lowest BCUT2D eigenvalue weighted by Gasteiger charge is -2.08. The number of rotatable bonds is 1. The predicted molar refractivity (Wildman–Crippen MR) is 47.3 cm³/mol. The molecule has 3 heteroatoms. The Labute approximate surface area is 74.4 Å². The number of nitrogens with zero attached hydrogens (tertiary/aromatic N) is 1. The van der Waals surface area contributed by atoms with Gasteiger partial charge in [0, 0.05) is 22.4 Å². The maximum Gasteiger partial charge on any atom is 0.0779 e. The summed E-state index contributed by atoms with van der Waals surface area (Å²) in [5.41, 5.74) is 1.93. The Morgan fingerprint density at radius 1 is 1.55 bits per heavy atom. The van der Waals surface area contributed by atoms with Crippen molar-refractivity contribution < 1.29 is 5.11 Å². The van der Waals surface area contributed by atoms with Crippen LogP contribution in [0, 0.1) is 6.92 Å². The van der Waals surface area contributed by atoms with Gasteiger partial charge in [0.15, 0.2) is 0 Å². The van der Waals surface area contributed by atoms with Crippen molar-refractivity contribution in [3.05, 3.63) is 28.0 Å². The van der Waals surface area contributed by atoms with Crippen LogP contribution >= 0.6 is 15.9 Å². The van der Waals surface area contributed by atoms with E-state index in [0.29, 0.717) is 0 Å². The predicted octanol–water partition coefficient (Wildman–Crippen LogP) is 2.21. The first kappa shape index (κ1) is 8.68. The van der Waals surface area contributed by atoms with Crippen molar-refractivity contribution in [2.75, 3.05) is 0 Å². The molecule has 0 radical (unpaired) electrons. The molecule has 0 saturated heterocycles. The molecule has 0 aliphatic heterocycles. The summed E-state index contributed by atoms with van der Waals surface area (Å²) in [5, 5.41) is 9.27. The minimum Gasteiger partial charge on any atom is -0.389 e. The van der Waals surface area contributed by atoms with Gasteiger partial charge < -0.3 is 5.11 Å². The van der Waals surface area contributed by atoms with E-state index in [1.54, 1.807) is 19.3 Å². The van der Waals surface area contributed by atoms with Gasteiger partial charge >= 0.3 is 0 Å². The lowest BCUT2D eigenvalue weighted by Crippen LogP contribution is -1.96. The molecule has 0 spiro atoms. The standard InChI is InChI=1S/C8H10BrNO/c1-5-7(6(2)11)3-10-4-8(5)9/h3-4,6,11H,1-2H3. The fourth-order valence-electron chi connectivity index (χ4n) is 0.936. The van der Waals surface area contributed by atoms with Crippen LogP contribution in [-0.4, -0.2) is 10.1 Å². The van der Waals surface area contributed by atoms with Crippen LogP contribution in [0.4, 0.5) is 0 Å². The first-order valence-electron chi connectivity index (χ1n) is 3.41. The molecule has 0 saturated carbocycles. The van der Waals surface area contributed by atoms with E-state index in [2.05, 4.69) is 20.9 Å². The molecule has 1 unspecified atom stereocenters. The van der Waals surface area contributed by atoms with Crippen LogP contribution in [0.15, 0.2) is 16.9 Å². The molecule has 1 aromatic rings. The van der Waals surface area contributed by atoms with Gasteiger partial charge in [0.1, 0.15) is 0 Å². The van der Waals surface area contributed by atoms with Crippen LogP contribution in [0.1, 0.15) is 24.2 Å².